The molecule has 3 N–H and O–H groups in total. The van der Waals surface area contributed by atoms with Crippen LogP contribution in [0.4, 0.5) is 15.9 Å². The maximum absolute atomic E-state index is 14.0. The molecule has 0 bridgehead atoms. The number of hydrogen-bond acceptors (Lipinski definition) is 5. The van der Waals surface area contributed by atoms with Gasteiger partial charge in [0.1, 0.15) is 11.6 Å². The number of anilines is 2. The van der Waals surface area contributed by atoms with Crippen molar-refractivity contribution in [3.05, 3.63) is 46.6 Å². The summed E-state index contributed by atoms with van der Waals surface area (Å²) in [6, 6.07) is 5.37. The van der Waals surface area contributed by atoms with Gasteiger partial charge in [-0.3, -0.25) is 0 Å². The van der Waals surface area contributed by atoms with Crippen LogP contribution in [0.25, 0.3) is 0 Å². The molecule has 0 spiro atoms. The van der Waals surface area contributed by atoms with Gasteiger partial charge in [-0.25, -0.2) is 14.4 Å². The summed E-state index contributed by atoms with van der Waals surface area (Å²) < 4.78 is 14.0. The highest BCUT2D eigenvalue weighted by molar-refractivity contribution is 6.28. The number of aryl methyl sites for hydroxylation is 1. The molecule has 25 heavy (non-hydrogen) atoms. The van der Waals surface area contributed by atoms with Crippen LogP contribution in [0, 0.1) is 12.7 Å². The van der Waals surface area contributed by atoms with Crippen molar-refractivity contribution in [3.8, 4) is 0 Å². The van der Waals surface area contributed by atoms with E-state index in [0.29, 0.717) is 24.1 Å². The van der Waals surface area contributed by atoms with Crippen LogP contribution in [0.3, 0.4) is 0 Å². The van der Waals surface area contributed by atoms with Gasteiger partial charge in [0.15, 0.2) is 0 Å². The molecule has 2 aromatic rings. The fourth-order valence-corrected chi connectivity index (χ4v) is 3.17. The lowest BCUT2D eigenvalue weighted by Gasteiger charge is -2.19. The molecule has 5 nitrogen and oxygen atoms in total. The maximum Gasteiger partial charge on any atom is 0.224 e. The van der Waals surface area contributed by atoms with E-state index in [9.17, 15) is 4.39 Å². The first-order chi connectivity index (χ1) is 12.1. The monoisotopic (exact) mass is 363 g/mol. The largest absolute Gasteiger partial charge is 0.378 e. The minimum absolute atomic E-state index is 0.208. The van der Waals surface area contributed by atoms with E-state index in [4.69, 9.17) is 11.6 Å². The predicted octanol–water partition coefficient (Wildman–Crippen LogP) is 3.74. The first-order valence-electron chi connectivity index (χ1n) is 8.61. The molecular formula is C18H23ClFN5. The number of benzene rings is 1. The van der Waals surface area contributed by atoms with Crippen molar-refractivity contribution in [2.45, 2.75) is 38.8 Å². The summed E-state index contributed by atoms with van der Waals surface area (Å²) >= 11 is 5.98. The van der Waals surface area contributed by atoms with E-state index in [0.717, 1.165) is 43.5 Å². The molecule has 0 aliphatic carbocycles. The normalized spacial score (nSPS) is 17.8. The highest BCUT2D eigenvalue weighted by atomic mass is 35.5. The molecular weight excluding hydrogens is 341 g/mol. The molecule has 7 heteroatoms. The third kappa shape index (κ3) is 4.80. The lowest BCUT2D eigenvalue weighted by atomic mass is 10.1. The van der Waals surface area contributed by atoms with Gasteiger partial charge in [0.25, 0.3) is 0 Å². The fourth-order valence-electron chi connectivity index (χ4n) is 3.04. The number of rotatable bonds is 5. The van der Waals surface area contributed by atoms with Crippen molar-refractivity contribution >= 4 is 23.1 Å². The van der Waals surface area contributed by atoms with Crippen molar-refractivity contribution in [1.29, 1.82) is 0 Å². The molecule has 134 valence electrons. The van der Waals surface area contributed by atoms with Gasteiger partial charge < -0.3 is 16.0 Å². The highest BCUT2D eigenvalue weighted by Gasteiger charge is 2.15. The van der Waals surface area contributed by atoms with Crippen LogP contribution < -0.4 is 16.0 Å². The van der Waals surface area contributed by atoms with Crippen molar-refractivity contribution < 1.29 is 4.39 Å². The molecule has 0 radical (unpaired) electrons. The topological polar surface area (TPSA) is 61.9 Å². The first-order valence-corrected chi connectivity index (χ1v) is 8.99. The Morgan fingerprint density at radius 2 is 2.20 bits per heavy atom. The molecule has 2 heterocycles. The molecule has 1 saturated heterocycles. The molecule has 1 aromatic heterocycles. The Labute approximate surface area is 152 Å². The third-order valence-corrected chi connectivity index (χ3v) is 4.61. The van der Waals surface area contributed by atoms with E-state index >= 15 is 0 Å². The number of aromatic nitrogens is 2. The van der Waals surface area contributed by atoms with Crippen LogP contribution in [0.2, 0.25) is 5.28 Å². The lowest BCUT2D eigenvalue weighted by molar-refractivity contribution is 0.628. The second-order valence-corrected chi connectivity index (χ2v) is 6.66. The second kappa shape index (κ2) is 8.45. The van der Waals surface area contributed by atoms with E-state index in [1.54, 1.807) is 12.3 Å². The predicted molar refractivity (Wildman–Crippen MR) is 99.6 cm³/mol. The maximum atomic E-state index is 14.0. The number of nitrogens with one attached hydrogen (secondary N) is 3. The minimum Gasteiger partial charge on any atom is -0.378 e. The Kier molecular flexibility index (Phi) is 6.04. The molecule has 0 saturated carbocycles. The molecule has 1 fully saturated rings. The summed E-state index contributed by atoms with van der Waals surface area (Å²) in [6.45, 7) is 4.33. The third-order valence-electron chi connectivity index (χ3n) is 4.43. The Morgan fingerprint density at radius 1 is 1.32 bits per heavy atom. The van der Waals surface area contributed by atoms with Crippen LogP contribution >= 0.6 is 11.6 Å². The average Bonchev–Trinajstić information content (AvgIpc) is 2.85. The number of halogens is 2. The molecule has 1 atom stereocenters. The van der Waals surface area contributed by atoms with Crippen molar-refractivity contribution in [3.63, 3.8) is 0 Å². The molecule has 1 aromatic carbocycles. The molecule has 1 aliphatic heterocycles. The zero-order valence-corrected chi connectivity index (χ0v) is 15.0. The average molecular weight is 364 g/mol. The van der Waals surface area contributed by atoms with Crippen LogP contribution in [-0.2, 0) is 6.54 Å². The standard InChI is InChI=1S/C18H23ClFN5/c1-12-4-2-6-15(20)16(12)22-10-13-11-23-18(19)25-17(13)24-14-5-3-8-21-9-7-14/h2,4,6,11,14,21-22H,3,5,7-10H2,1H3,(H,23,24,25)/t14-/m0/s1. The van der Waals surface area contributed by atoms with E-state index in [1.807, 2.05) is 13.0 Å². The number of hydrogen-bond donors (Lipinski definition) is 3. The zero-order valence-electron chi connectivity index (χ0n) is 14.3. The quantitative estimate of drug-likeness (QED) is 0.706. The van der Waals surface area contributed by atoms with E-state index < -0.39 is 0 Å². The smallest absolute Gasteiger partial charge is 0.224 e. The van der Waals surface area contributed by atoms with Gasteiger partial charge in [-0.05, 0) is 62.5 Å². The Hall–Kier alpha value is -1.92. The molecule has 0 unspecified atom stereocenters. The second-order valence-electron chi connectivity index (χ2n) is 6.32. The fraction of sp³-hybridized carbons (Fsp3) is 0.444. The summed E-state index contributed by atoms with van der Waals surface area (Å²) in [7, 11) is 0. The Balaban J connectivity index is 1.74. The first kappa shape index (κ1) is 17.9. The summed E-state index contributed by atoms with van der Waals surface area (Å²) in [6.07, 6.45) is 4.92. The lowest BCUT2D eigenvalue weighted by Crippen LogP contribution is -2.23. The van der Waals surface area contributed by atoms with Gasteiger partial charge in [0, 0.05) is 24.3 Å². The van der Waals surface area contributed by atoms with Gasteiger partial charge in [0.2, 0.25) is 5.28 Å². The van der Waals surface area contributed by atoms with Crippen LogP contribution in [0.1, 0.15) is 30.4 Å². The molecule has 1 aliphatic rings. The summed E-state index contributed by atoms with van der Waals surface area (Å²) in [5, 5.41) is 10.2. The van der Waals surface area contributed by atoms with E-state index in [1.165, 1.54) is 6.07 Å². The Bertz CT molecular complexity index is 696. The van der Waals surface area contributed by atoms with Gasteiger partial charge in [-0.1, -0.05) is 12.1 Å². The van der Waals surface area contributed by atoms with Gasteiger partial charge in [-0.15, -0.1) is 0 Å². The van der Waals surface area contributed by atoms with Crippen molar-refractivity contribution in [1.82, 2.24) is 15.3 Å². The summed E-state index contributed by atoms with van der Waals surface area (Å²) in [5.74, 6) is 0.452. The van der Waals surface area contributed by atoms with E-state index in [2.05, 4.69) is 25.9 Å². The van der Waals surface area contributed by atoms with Crippen molar-refractivity contribution in [2.75, 3.05) is 23.7 Å². The Morgan fingerprint density at radius 3 is 3.04 bits per heavy atom. The highest BCUT2D eigenvalue weighted by Crippen LogP contribution is 2.23. The van der Waals surface area contributed by atoms with Gasteiger partial charge in [-0.2, -0.15) is 0 Å². The molecule has 0 amide bonds. The molecule has 3 rings (SSSR count). The van der Waals surface area contributed by atoms with Crippen LogP contribution in [-0.4, -0.2) is 29.1 Å². The summed E-state index contributed by atoms with van der Waals surface area (Å²) in [5.41, 5.74) is 2.23. The van der Waals surface area contributed by atoms with Crippen molar-refractivity contribution in [2.24, 2.45) is 0 Å². The van der Waals surface area contributed by atoms with Crippen LogP contribution in [0.5, 0.6) is 0 Å². The SMILES string of the molecule is Cc1cccc(F)c1NCc1cnc(Cl)nc1N[C@H]1CCCNCC1. The minimum atomic E-state index is -0.265. The van der Waals surface area contributed by atoms with Crippen LogP contribution in [0.15, 0.2) is 24.4 Å². The van der Waals surface area contributed by atoms with Gasteiger partial charge >= 0.3 is 0 Å². The van der Waals surface area contributed by atoms with E-state index in [-0.39, 0.29) is 11.1 Å². The van der Waals surface area contributed by atoms with Gasteiger partial charge in [0.05, 0.1) is 5.69 Å². The zero-order chi connectivity index (χ0) is 17.6. The number of para-hydroxylation sites is 1. The summed E-state index contributed by atoms with van der Waals surface area (Å²) in [4.78, 5) is 8.42. The number of nitrogens with zero attached hydrogens (tertiary/aromatic N) is 2.